The summed E-state index contributed by atoms with van der Waals surface area (Å²) in [4.78, 5) is 19.0. The number of pyridine rings is 1. The topological polar surface area (TPSA) is 57.6 Å². The van der Waals surface area contributed by atoms with Gasteiger partial charge in [-0.25, -0.2) is 5.43 Å². The van der Waals surface area contributed by atoms with Crippen LogP contribution in [0.5, 0.6) is 0 Å². The van der Waals surface area contributed by atoms with Crippen molar-refractivity contribution in [3.8, 4) is 0 Å². The minimum Gasteiger partial charge on any atom is -0.377 e. The third-order valence-corrected chi connectivity index (χ3v) is 4.68. The molecule has 0 fully saturated rings. The number of hydrazone groups is 1. The molecule has 4 rings (SSSR count). The van der Waals surface area contributed by atoms with E-state index in [9.17, 15) is 4.79 Å². The summed E-state index contributed by atoms with van der Waals surface area (Å²) < 4.78 is 0. The second kappa shape index (κ2) is 7.48. The van der Waals surface area contributed by atoms with Gasteiger partial charge >= 0.3 is 0 Å². The Bertz CT molecular complexity index is 1190. The monoisotopic (exact) mass is 368 g/mol. The van der Waals surface area contributed by atoms with Crippen molar-refractivity contribution in [2.75, 3.05) is 19.0 Å². The highest BCUT2D eigenvalue weighted by atomic mass is 16.2. The van der Waals surface area contributed by atoms with Gasteiger partial charge in [-0.15, -0.1) is 0 Å². The summed E-state index contributed by atoms with van der Waals surface area (Å²) >= 11 is 0. The second-order valence-corrected chi connectivity index (χ2v) is 6.69. The van der Waals surface area contributed by atoms with Crippen molar-refractivity contribution in [2.45, 2.75) is 0 Å². The lowest BCUT2D eigenvalue weighted by Gasteiger charge is -2.16. The van der Waals surface area contributed by atoms with Gasteiger partial charge in [0.15, 0.2) is 0 Å². The molecule has 0 saturated carbocycles. The predicted octanol–water partition coefficient (Wildman–Crippen LogP) is 4.22. The van der Waals surface area contributed by atoms with Crippen molar-refractivity contribution in [2.24, 2.45) is 5.10 Å². The van der Waals surface area contributed by atoms with E-state index in [-0.39, 0.29) is 5.91 Å². The van der Waals surface area contributed by atoms with Crippen LogP contribution < -0.4 is 10.3 Å². The van der Waals surface area contributed by atoms with Crippen LogP contribution in [0.15, 0.2) is 78.0 Å². The Morgan fingerprint density at radius 3 is 2.43 bits per heavy atom. The average molecular weight is 368 g/mol. The first-order chi connectivity index (χ1) is 13.6. The zero-order valence-electron chi connectivity index (χ0n) is 15.8. The van der Waals surface area contributed by atoms with Crippen LogP contribution in [0.4, 0.5) is 5.69 Å². The number of hydrogen-bond donors (Lipinski definition) is 1. The molecule has 28 heavy (non-hydrogen) atoms. The Labute approximate surface area is 163 Å². The van der Waals surface area contributed by atoms with E-state index in [4.69, 9.17) is 0 Å². The Morgan fingerprint density at radius 2 is 1.64 bits per heavy atom. The SMILES string of the molecule is CN(C)c1ccc(/C=N/NC(=O)c2ccnc3ccccc23)c2ccccc12. The zero-order chi connectivity index (χ0) is 19.5. The third-order valence-electron chi connectivity index (χ3n) is 4.68. The zero-order valence-corrected chi connectivity index (χ0v) is 15.8. The lowest BCUT2D eigenvalue weighted by Crippen LogP contribution is -2.18. The summed E-state index contributed by atoms with van der Waals surface area (Å²) in [5.74, 6) is -0.260. The maximum atomic E-state index is 12.6. The molecule has 0 unspecified atom stereocenters. The van der Waals surface area contributed by atoms with Crippen LogP contribution in [0.25, 0.3) is 21.7 Å². The Balaban J connectivity index is 1.62. The van der Waals surface area contributed by atoms with Crippen LogP contribution in [0.3, 0.4) is 0 Å². The fraction of sp³-hybridized carbons (Fsp3) is 0.0870. The largest absolute Gasteiger partial charge is 0.377 e. The molecule has 1 amide bonds. The van der Waals surface area contributed by atoms with E-state index in [2.05, 4.69) is 38.6 Å². The Kier molecular flexibility index (Phi) is 4.72. The van der Waals surface area contributed by atoms with Crippen LogP contribution in [0.2, 0.25) is 0 Å². The molecule has 0 radical (unpaired) electrons. The minimum absolute atomic E-state index is 0.260. The summed E-state index contributed by atoms with van der Waals surface area (Å²) in [7, 11) is 4.05. The van der Waals surface area contributed by atoms with Gasteiger partial charge in [0.1, 0.15) is 0 Å². The standard InChI is InChI=1S/C23H20N4O/c1-27(2)22-12-11-16(17-7-3-4-9-19(17)22)15-25-26-23(28)20-13-14-24-21-10-6-5-8-18(20)21/h3-15H,1-2H3,(H,26,28)/b25-15+. The number of nitrogens with one attached hydrogen (secondary N) is 1. The highest BCUT2D eigenvalue weighted by Gasteiger charge is 2.10. The van der Waals surface area contributed by atoms with Crippen LogP contribution in [-0.4, -0.2) is 31.2 Å². The van der Waals surface area contributed by atoms with Gasteiger partial charge in [-0.3, -0.25) is 9.78 Å². The summed E-state index contributed by atoms with van der Waals surface area (Å²) in [5.41, 5.74) is 6.05. The molecule has 0 atom stereocenters. The fourth-order valence-electron chi connectivity index (χ4n) is 3.32. The Hall–Kier alpha value is -3.73. The van der Waals surface area contributed by atoms with Crippen molar-refractivity contribution < 1.29 is 4.79 Å². The van der Waals surface area contributed by atoms with Crippen LogP contribution in [-0.2, 0) is 0 Å². The van der Waals surface area contributed by atoms with Gasteiger partial charge in [-0.1, -0.05) is 48.5 Å². The van der Waals surface area contributed by atoms with Crippen LogP contribution >= 0.6 is 0 Å². The van der Waals surface area contributed by atoms with Gasteiger partial charge in [0.25, 0.3) is 5.91 Å². The van der Waals surface area contributed by atoms with E-state index < -0.39 is 0 Å². The minimum atomic E-state index is -0.260. The van der Waals surface area contributed by atoms with Gasteiger partial charge in [-0.2, -0.15) is 5.10 Å². The van der Waals surface area contributed by atoms with Crippen LogP contribution in [0.1, 0.15) is 15.9 Å². The molecule has 0 spiro atoms. The Morgan fingerprint density at radius 1 is 0.929 bits per heavy atom. The molecule has 4 aromatic rings. The predicted molar refractivity (Wildman–Crippen MR) is 115 cm³/mol. The number of carbonyl (C=O) groups excluding carboxylic acids is 1. The number of hydrogen-bond acceptors (Lipinski definition) is 4. The fourth-order valence-corrected chi connectivity index (χ4v) is 3.32. The van der Waals surface area contributed by atoms with Gasteiger partial charge in [-0.05, 0) is 23.6 Å². The second-order valence-electron chi connectivity index (χ2n) is 6.69. The maximum absolute atomic E-state index is 12.6. The van der Waals surface area contributed by atoms with Crippen molar-refractivity contribution in [1.29, 1.82) is 0 Å². The summed E-state index contributed by atoms with van der Waals surface area (Å²) in [6.45, 7) is 0. The molecular weight excluding hydrogens is 348 g/mol. The molecule has 1 aromatic heterocycles. The van der Waals surface area contributed by atoms with Gasteiger partial charge in [0.2, 0.25) is 0 Å². The first-order valence-electron chi connectivity index (χ1n) is 9.01. The van der Waals surface area contributed by atoms with E-state index in [1.54, 1.807) is 18.5 Å². The van der Waals surface area contributed by atoms with Gasteiger partial charge in [0.05, 0.1) is 17.3 Å². The van der Waals surface area contributed by atoms with Gasteiger partial charge < -0.3 is 4.90 Å². The number of para-hydroxylation sites is 1. The molecule has 1 N–H and O–H groups in total. The number of fused-ring (bicyclic) bond motifs is 2. The first kappa shape index (κ1) is 17.7. The molecule has 0 saturated heterocycles. The molecule has 3 aromatic carbocycles. The molecule has 0 aliphatic carbocycles. The summed E-state index contributed by atoms with van der Waals surface area (Å²) in [6, 6.07) is 21.5. The summed E-state index contributed by atoms with van der Waals surface area (Å²) in [6.07, 6.45) is 3.32. The van der Waals surface area contributed by atoms with Crippen molar-refractivity contribution >= 4 is 39.5 Å². The smallest absolute Gasteiger partial charge is 0.272 e. The molecule has 0 bridgehead atoms. The van der Waals surface area contributed by atoms with E-state index in [1.807, 2.05) is 56.6 Å². The highest BCUT2D eigenvalue weighted by Crippen LogP contribution is 2.27. The number of aromatic nitrogens is 1. The van der Waals surface area contributed by atoms with Crippen molar-refractivity contribution in [3.05, 3.63) is 84.1 Å². The van der Waals surface area contributed by atoms with E-state index in [0.29, 0.717) is 5.56 Å². The molecule has 138 valence electrons. The third kappa shape index (κ3) is 3.30. The van der Waals surface area contributed by atoms with E-state index >= 15 is 0 Å². The van der Waals surface area contributed by atoms with E-state index in [0.717, 1.165) is 32.9 Å². The lowest BCUT2D eigenvalue weighted by molar-refractivity contribution is 0.0956. The lowest BCUT2D eigenvalue weighted by atomic mass is 10.0. The molecule has 0 aliphatic rings. The molecule has 1 heterocycles. The highest BCUT2D eigenvalue weighted by molar-refractivity contribution is 6.07. The normalized spacial score (nSPS) is 11.2. The van der Waals surface area contributed by atoms with Crippen molar-refractivity contribution in [3.63, 3.8) is 0 Å². The quantitative estimate of drug-likeness (QED) is 0.433. The van der Waals surface area contributed by atoms with Crippen molar-refractivity contribution in [1.82, 2.24) is 10.4 Å². The average Bonchev–Trinajstić information content (AvgIpc) is 2.73. The number of nitrogens with zero attached hydrogens (tertiary/aromatic N) is 3. The maximum Gasteiger partial charge on any atom is 0.272 e. The van der Waals surface area contributed by atoms with Crippen LogP contribution in [0, 0.1) is 0 Å². The number of amides is 1. The first-order valence-corrected chi connectivity index (χ1v) is 9.01. The molecule has 5 heteroatoms. The number of anilines is 1. The molecular formula is C23H20N4O. The summed E-state index contributed by atoms with van der Waals surface area (Å²) in [5, 5.41) is 7.22. The molecule has 5 nitrogen and oxygen atoms in total. The van der Waals surface area contributed by atoms with E-state index in [1.165, 1.54) is 0 Å². The van der Waals surface area contributed by atoms with Gasteiger partial charge in [0, 0.05) is 42.3 Å². The molecule has 0 aliphatic heterocycles. The number of rotatable bonds is 4. The number of benzene rings is 3. The number of carbonyl (C=O) groups is 1.